The van der Waals surface area contributed by atoms with Gasteiger partial charge in [0.25, 0.3) is 0 Å². The number of benzene rings is 2. The molecule has 0 amide bonds. The van der Waals surface area contributed by atoms with Gasteiger partial charge in [-0.2, -0.15) is 0 Å². The predicted molar refractivity (Wildman–Crippen MR) is 70.4 cm³/mol. The molecule has 20 heavy (non-hydrogen) atoms. The SMILES string of the molecule is CC(C)(C)c1ccc(-c2cccc(F)c2F)c(F)c1F. The highest BCUT2D eigenvalue weighted by Gasteiger charge is 2.24. The van der Waals surface area contributed by atoms with E-state index in [1.807, 2.05) is 0 Å². The summed E-state index contributed by atoms with van der Waals surface area (Å²) in [5, 5.41) is 0. The van der Waals surface area contributed by atoms with Gasteiger partial charge in [-0.1, -0.05) is 45.0 Å². The van der Waals surface area contributed by atoms with Crippen molar-refractivity contribution in [3.8, 4) is 11.1 Å². The maximum atomic E-state index is 14.1. The van der Waals surface area contributed by atoms with Gasteiger partial charge >= 0.3 is 0 Å². The van der Waals surface area contributed by atoms with Crippen molar-refractivity contribution in [2.45, 2.75) is 26.2 Å². The van der Waals surface area contributed by atoms with E-state index in [2.05, 4.69) is 0 Å². The molecule has 0 aliphatic rings. The largest absolute Gasteiger partial charge is 0.204 e. The molecule has 0 saturated heterocycles. The highest BCUT2D eigenvalue weighted by Crippen LogP contribution is 2.33. The Hall–Kier alpha value is -1.84. The minimum atomic E-state index is -1.19. The van der Waals surface area contributed by atoms with Crippen molar-refractivity contribution in [2.75, 3.05) is 0 Å². The van der Waals surface area contributed by atoms with Crippen LogP contribution in [0.1, 0.15) is 26.3 Å². The quantitative estimate of drug-likeness (QED) is 0.630. The second-order valence-corrected chi connectivity index (χ2v) is 5.64. The summed E-state index contributed by atoms with van der Waals surface area (Å²) in [6.07, 6.45) is 0. The fourth-order valence-corrected chi connectivity index (χ4v) is 2.05. The molecule has 2 aromatic carbocycles. The molecule has 2 rings (SSSR count). The van der Waals surface area contributed by atoms with Gasteiger partial charge in [-0.3, -0.25) is 0 Å². The highest BCUT2D eigenvalue weighted by atomic mass is 19.2. The van der Waals surface area contributed by atoms with E-state index in [1.165, 1.54) is 24.3 Å². The van der Waals surface area contributed by atoms with E-state index >= 15 is 0 Å². The summed E-state index contributed by atoms with van der Waals surface area (Å²) in [6, 6.07) is 6.07. The summed E-state index contributed by atoms with van der Waals surface area (Å²) < 4.78 is 55.1. The average Bonchev–Trinajstić information content (AvgIpc) is 2.35. The molecule has 0 saturated carbocycles. The van der Waals surface area contributed by atoms with Crippen LogP contribution in [0.5, 0.6) is 0 Å². The van der Waals surface area contributed by atoms with Crippen molar-refractivity contribution in [3.05, 3.63) is 59.2 Å². The Morgan fingerprint density at radius 1 is 0.700 bits per heavy atom. The van der Waals surface area contributed by atoms with Crippen LogP contribution in [0.4, 0.5) is 17.6 Å². The van der Waals surface area contributed by atoms with Gasteiger partial charge in [0.05, 0.1) is 0 Å². The number of halogens is 4. The Balaban J connectivity index is 2.66. The Kier molecular flexibility index (Phi) is 3.59. The molecule has 0 N–H and O–H groups in total. The standard InChI is InChI=1S/C16H14F4/c1-16(2,3)11-8-7-10(14(19)15(11)20)9-5-4-6-12(17)13(9)18/h4-8H,1-3H3. The van der Waals surface area contributed by atoms with E-state index in [0.717, 1.165) is 6.07 Å². The summed E-state index contributed by atoms with van der Waals surface area (Å²) in [6.45, 7) is 5.23. The molecule has 0 bridgehead atoms. The van der Waals surface area contributed by atoms with E-state index < -0.39 is 28.7 Å². The van der Waals surface area contributed by atoms with Crippen LogP contribution in [-0.4, -0.2) is 0 Å². The van der Waals surface area contributed by atoms with Crippen LogP contribution in [-0.2, 0) is 5.41 Å². The second-order valence-electron chi connectivity index (χ2n) is 5.64. The molecule has 0 radical (unpaired) electrons. The molecule has 0 atom stereocenters. The Labute approximate surface area is 115 Å². The van der Waals surface area contributed by atoms with E-state index in [9.17, 15) is 17.6 Å². The number of rotatable bonds is 1. The molecule has 2 aromatic rings. The molecule has 0 spiro atoms. The van der Waals surface area contributed by atoms with E-state index in [4.69, 9.17) is 0 Å². The van der Waals surface area contributed by atoms with Crippen molar-refractivity contribution in [3.63, 3.8) is 0 Å². The zero-order valence-corrected chi connectivity index (χ0v) is 11.4. The molecule has 0 aromatic heterocycles. The molecule has 106 valence electrons. The molecule has 4 heteroatoms. The highest BCUT2D eigenvalue weighted by molar-refractivity contribution is 5.65. The first-order chi connectivity index (χ1) is 9.23. The van der Waals surface area contributed by atoms with Crippen LogP contribution in [0, 0.1) is 23.3 Å². The lowest BCUT2D eigenvalue weighted by molar-refractivity contribution is 0.465. The first-order valence-electron chi connectivity index (χ1n) is 6.16. The maximum absolute atomic E-state index is 14.1. The lowest BCUT2D eigenvalue weighted by Gasteiger charge is -2.21. The van der Waals surface area contributed by atoms with Gasteiger partial charge in [-0.25, -0.2) is 17.6 Å². The van der Waals surface area contributed by atoms with Crippen molar-refractivity contribution in [1.82, 2.24) is 0 Å². The van der Waals surface area contributed by atoms with Gasteiger partial charge < -0.3 is 0 Å². The minimum absolute atomic E-state index is 0.190. The van der Waals surface area contributed by atoms with E-state index in [-0.39, 0.29) is 16.7 Å². The molecular formula is C16H14F4. The van der Waals surface area contributed by atoms with E-state index in [0.29, 0.717) is 0 Å². The summed E-state index contributed by atoms with van der Waals surface area (Å²) in [5.41, 5.74) is -0.964. The molecule has 0 aliphatic heterocycles. The van der Waals surface area contributed by atoms with Crippen molar-refractivity contribution < 1.29 is 17.6 Å². The van der Waals surface area contributed by atoms with Crippen LogP contribution in [0.2, 0.25) is 0 Å². The predicted octanol–water partition coefficient (Wildman–Crippen LogP) is 5.21. The van der Waals surface area contributed by atoms with Crippen molar-refractivity contribution >= 4 is 0 Å². The smallest absolute Gasteiger partial charge is 0.167 e. The third-order valence-electron chi connectivity index (χ3n) is 3.13. The van der Waals surface area contributed by atoms with Crippen molar-refractivity contribution in [2.24, 2.45) is 0 Å². The van der Waals surface area contributed by atoms with Crippen molar-refractivity contribution in [1.29, 1.82) is 0 Å². The van der Waals surface area contributed by atoms with Crippen LogP contribution < -0.4 is 0 Å². The lowest BCUT2D eigenvalue weighted by Crippen LogP contribution is -2.15. The van der Waals surface area contributed by atoms with Crippen LogP contribution >= 0.6 is 0 Å². The zero-order chi connectivity index (χ0) is 15.1. The minimum Gasteiger partial charge on any atom is -0.204 e. The Bertz CT molecular complexity index is 654. The number of hydrogen-bond donors (Lipinski definition) is 0. The monoisotopic (exact) mass is 282 g/mol. The van der Waals surface area contributed by atoms with Crippen LogP contribution in [0.15, 0.2) is 30.3 Å². The molecule has 0 nitrogen and oxygen atoms in total. The Morgan fingerprint density at radius 3 is 1.90 bits per heavy atom. The molecule has 0 heterocycles. The molecule has 0 aliphatic carbocycles. The van der Waals surface area contributed by atoms with Crippen LogP contribution in [0.25, 0.3) is 11.1 Å². The third-order valence-corrected chi connectivity index (χ3v) is 3.13. The van der Waals surface area contributed by atoms with Crippen LogP contribution in [0.3, 0.4) is 0 Å². The summed E-state index contributed by atoms with van der Waals surface area (Å²) in [7, 11) is 0. The van der Waals surface area contributed by atoms with Gasteiger partial charge in [0.15, 0.2) is 23.3 Å². The fourth-order valence-electron chi connectivity index (χ4n) is 2.05. The van der Waals surface area contributed by atoms with E-state index in [1.54, 1.807) is 20.8 Å². The van der Waals surface area contributed by atoms with Gasteiger partial charge in [0.2, 0.25) is 0 Å². The molecule has 0 fully saturated rings. The first-order valence-corrected chi connectivity index (χ1v) is 6.16. The average molecular weight is 282 g/mol. The second kappa shape index (κ2) is 4.93. The van der Waals surface area contributed by atoms with Gasteiger partial charge in [-0.15, -0.1) is 0 Å². The summed E-state index contributed by atoms with van der Waals surface area (Å²) in [5.74, 6) is -4.47. The zero-order valence-electron chi connectivity index (χ0n) is 11.4. The van der Waals surface area contributed by atoms with Gasteiger partial charge in [-0.05, 0) is 17.0 Å². The van der Waals surface area contributed by atoms with Gasteiger partial charge in [0.1, 0.15) is 0 Å². The lowest BCUT2D eigenvalue weighted by atomic mass is 9.85. The Morgan fingerprint density at radius 2 is 1.30 bits per heavy atom. The fraction of sp³-hybridized carbons (Fsp3) is 0.250. The summed E-state index contributed by atoms with van der Waals surface area (Å²) in [4.78, 5) is 0. The number of hydrogen-bond acceptors (Lipinski definition) is 0. The summed E-state index contributed by atoms with van der Waals surface area (Å²) >= 11 is 0. The molecule has 0 unspecified atom stereocenters. The third kappa shape index (κ3) is 2.42. The molecular weight excluding hydrogens is 268 g/mol. The normalized spacial score (nSPS) is 11.8. The first kappa shape index (κ1) is 14.6. The van der Waals surface area contributed by atoms with Gasteiger partial charge in [0, 0.05) is 11.1 Å². The topological polar surface area (TPSA) is 0 Å². The maximum Gasteiger partial charge on any atom is 0.167 e.